The number of rotatable bonds is 3. The molecule has 94 valence electrons. The number of thioether (sulfide) groups is 1. The van der Waals surface area contributed by atoms with E-state index in [1.807, 2.05) is 6.92 Å². The van der Waals surface area contributed by atoms with Crippen LogP contribution in [0.4, 0.5) is 0 Å². The highest BCUT2D eigenvalue weighted by Crippen LogP contribution is 2.12. The van der Waals surface area contributed by atoms with Gasteiger partial charge in [-0.05, 0) is 17.9 Å². The highest BCUT2D eigenvalue weighted by atomic mass is 32.2. The van der Waals surface area contributed by atoms with Gasteiger partial charge < -0.3 is 21.1 Å². The average Bonchev–Trinajstić information content (AvgIpc) is 2.28. The smallest absolute Gasteiger partial charge is 0.130 e. The zero-order chi connectivity index (χ0) is 13.0. The lowest BCUT2D eigenvalue weighted by Gasteiger charge is -2.03. The van der Waals surface area contributed by atoms with E-state index in [-0.39, 0.29) is 22.5 Å². The van der Waals surface area contributed by atoms with Crippen LogP contribution in [0.3, 0.4) is 0 Å². The van der Waals surface area contributed by atoms with Crippen LogP contribution in [0.15, 0.2) is 12.1 Å². The predicted molar refractivity (Wildman–Crippen MR) is 71.1 cm³/mol. The maximum atomic E-state index is 9.77. The van der Waals surface area contributed by atoms with Crippen molar-refractivity contribution < 1.29 is 15.3 Å². The molecule has 0 aliphatic heterocycles. The molecule has 0 saturated carbocycles. The average molecular weight is 255 g/mol. The van der Waals surface area contributed by atoms with E-state index in [0.717, 1.165) is 5.75 Å². The molecule has 0 unspecified atom stereocenters. The third kappa shape index (κ3) is 3.00. The van der Waals surface area contributed by atoms with Gasteiger partial charge in [-0.2, -0.15) is 0 Å². The number of aliphatic hydroxyl groups is 1. The Morgan fingerprint density at radius 3 is 2.18 bits per heavy atom. The van der Waals surface area contributed by atoms with E-state index in [9.17, 15) is 15.3 Å². The largest absolute Gasteiger partial charge is 0.511 e. The van der Waals surface area contributed by atoms with Crippen molar-refractivity contribution in [2.45, 2.75) is 20.3 Å². The fourth-order valence-corrected chi connectivity index (χ4v) is 2.06. The van der Waals surface area contributed by atoms with Gasteiger partial charge in [0.15, 0.2) is 0 Å². The summed E-state index contributed by atoms with van der Waals surface area (Å²) in [5, 5.41) is 30.3. The van der Waals surface area contributed by atoms with Crippen molar-refractivity contribution in [3.05, 3.63) is 22.6 Å². The van der Waals surface area contributed by atoms with Gasteiger partial charge in [-0.1, -0.05) is 13.8 Å². The van der Waals surface area contributed by atoms with Crippen LogP contribution in [-0.4, -0.2) is 21.1 Å². The molecule has 4 nitrogen and oxygen atoms in total. The summed E-state index contributed by atoms with van der Waals surface area (Å²) in [5.41, 5.74) is 5.79. The Labute approximate surface area is 104 Å². The molecule has 0 heterocycles. The number of benzene rings is 1. The SMILES string of the molecule is CCSC(N)=c1cc(O)c(=C(O)CC)c(O)c1. The van der Waals surface area contributed by atoms with Crippen molar-refractivity contribution in [3.63, 3.8) is 0 Å². The summed E-state index contributed by atoms with van der Waals surface area (Å²) >= 11 is 1.42. The van der Waals surface area contributed by atoms with Crippen molar-refractivity contribution in [1.29, 1.82) is 0 Å². The first-order chi connectivity index (χ1) is 8.01. The Bertz CT molecular complexity index is 496. The standard InChI is InChI=1S/C12H17NO3S/c1-3-8(14)11-9(15)5-7(6-10(11)16)12(13)17-4-2/h5-6,14-16H,3-4,13H2,1-2H3. The van der Waals surface area contributed by atoms with Gasteiger partial charge in [-0.3, -0.25) is 0 Å². The number of phenols is 2. The Balaban J connectivity index is 3.54. The highest BCUT2D eigenvalue weighted by molar-refractivity contribution is 8.07. The summed E-state index contributed by atoms with van der Waals surface area (Å²) in [6.45, 7) is 3.69. The molecule has 0 fully saturated rings. The van der Waals surface area contributed by atoms with Crippen LogP contribution in [0, 0.1) is 0 Å². The summed E-state index contributed by atoms with van der Waals surface area (Å²) in [5.74, 6) is 0.424. The summed E-state index contributed by atoms with van der Waals surface area (Å²) in [6.07, 6.45) is 0.337. The molecule has 0 atom stereocenters. The second kappa shape index (κ2) is 5.72. The van der Waals surface area contributed by atoms with Crippen LogP contribution in [0.25, 0.3) is 10.8 Å². The second-order valence-corrected chi connectivity index (χ2v) is 4.79. The maximum Gasteiger partial charge on any atom is 0.130 e. The molecule has 1 rings (SSSR count). The van der Waals surface area contributed by atoms with E-state index >= 15 is 0 Å². The first-order valence-electron chi connectivity index (χ1n) is 5.37. The molecule has 0 spiro atoms. The molecule has 0 amide bonds. The molecular weight excluding hydrogens is 238 g/mol. The normalized spacial score (nSPS) is 10.2. The lowest BCUT2D eigenvalue weighted by Crippen LogP contribution is -2.16. The second-order valence-electron chi connectivity index (χ2n) is 3.49. The van der Waals surface area contributed by atoms with E-state index in [1.54, 1.807) is 6.92 Å². The van der Waals surface area contributed by atoms with Crippen LogP contribution < -0.4 is 16.2 Å². The summed E-state index contributed by atoms with van der Waals surface area (Å²) < 4.78 is 0. The molecule has 5 N–H and O–H groups in total. The first-order valence-corrected chi connectivity index (χ1v) is 6.36. The number of aromatic hydroxyl groups is 2. The Morgan fingerprint density at radius 1 is 1.24 bits per heavy atom. The fraction of sp³-hybridized carbons (Fsp3) is 0.333. The molecular formula is C12H17NO3S. The van der Waals surface area contributed by atoms with Crippen molar-refractivity contribution in [2.75, 3.05) is 5.75 Å². The molecule has 0 bridgehead atoms. The third-order valence-electron chi connectivity index (χ3n) is 2.30. The van der Waals surface area contributed by atoms with Crippen LogP contribution >= 0.6 is 11.8 Å². The van der Waals surface area contributed by atoms with Gasteiger partial charge in [0.05, 0.1) is 10.2 Å². The molecule has 1 aromatic rings. The lowest BCUT2D eigenvalue weighted by atomic mass is 10.2. The van der Waals surface area contributed by atoms with Gasteiger partial charge in [-0.25, -0.2) is 0 Å². The maximum absolute atomic E-state index is 9.77. The molecule has 0 saturated heterocycles. The van der Waals surface area contributed by atoms with Gasteiger partial charge in [0.2, 0.25) is 0 Å². The number of nitrogens with two attached hydrogens (primary N) is 1. The third-order valence-corrected chi connectivity index (χ3v) is 3.14. The van der Waals surface area contributed by atoms with Crippen LogP contribution in [0.5, 0.6) is 11.5 Å². The Morgan fingerprint density at radius 2 is 1.76 bits per heavy atom. The summed E-state index contributed by atoms with van der Waals surface area (Å²) in [7, 11) is 0. The highest BCUT2D eigenvalue weighted by Gasteiger charge is 2.06. The van der Waals surface area contributed by atoms with Gasteiger partial charge in [-0.15, -0.1) is 11.8 Å². The Hall–Kier alpha value is -1.49. The van der Waals surface area contributed by atoms with E-state index in [0.29, 0.717) is 16.7 Å². The minimum atomic E-state index is -0.168. The van der Waals surface area contributed by atoms with Crippen LogP contribution in [0.1, 0.15) is 20.3 Å². The number of phenolic OH excluding ortho intramolecular Hbond substituents is 2. The van der Waals surface area contributed by atoms with Gasteiger partial charge in [0, 0.05) is 11.6 Å². The van der Waals surface area contributed by atoms with Gasteiger partial charge in [0.1, 0.15) is 17.3 Å². The molecule has 0 radical (unpaired) electrons. The first kappa shape index (κ1) is 13.6. The van der Waals surface area contributed by atoms with E-state index < -0.39 is 0 Å². The Kier molecular flexibility index (Phi) is 4.57. The van der Waals surface area contributed by atoms with E-state index in [2.05, 4.69) is 0 Å². The zero-order valence-corrected chi connectivity index (χ0v) is 10.7. The quantitative estimate of drug-likeness (QED) is 0.646. The number of hydrogen-bond acceptors (Lipinski definition) is 5. The molecule has 0 aliphatic carbocycles. The topological polar surface area (TPSA) is 86.7 Å². The van der Waals surface area contributed by atoms with Crippen molar-refractivity contribution in [1.82, 2.24) is 0 Å². The summed E-state index contributed by atoms with van der Waals surface area (Å²) in [4.78, 5) is 0. The zero-order valence-electron chi connectivity index (χ0n) is 9.90. The predicted octanol–water partition coefficient (Wildman–Crippen LogP) is 0.951. The van der Waals surface area contributed by atoms with Crippen molar-refractivity contribution >= 4 is 22.6 Å². The summed E-state index contributed by atoms with van der Waals surface area (Å²) in [6, 6.07) is 2.89. The van der Waals surface area contributed by atoms with Crippen molar-refractivity contribution in [3.8, 4) is 11.5 Å². The lowest BCUT2D eigenvalue weighted by molar-refractivity contribution is 0.426. The minimum Gasteiger partial charge on any atom is -0.511 e. The molecule has 5 heteroatoms. The van der Waals surface area contributed by atoms with Crippen molar-refractivity contribution in [2.24, 2.45) is 5.73 Å². The van der Waals surface area contributed by atoms with Crippen LogP contribution in [-0.2, 0) is 0 Å². The van der Waals surface area contributed by atoms with Gasteiger partial charge in [0.25, 0.3) is 0 Å². The van der Waals surface area contributed by atoms with E-state index in [1.165, 1.54) is 23.9 Å². The van der Waals surface area contributed by atoms with E-state index in [4.69, 9.17) is 5.73 Å². The molecule has 1 aromatic carbocycles. The molecule has 0 aliphatic rings. The number of hydrogen-bond donors (Lipinski definition) is 4. The monoisotopic (exact) mass is 255 g/mol. The van der Waals surface area contributed by atoms with Crippen LogP contribution in [0.2, 0.25) is 0 Å². The fourth-order valence-electron chi connectivity index (χ4n) is 1.47. The number of aliphatic hydroxyl groups excluding tert-OH is 1. The minimum absolute atomic E-state index is 0.0479. The molecule has 17 heavy (non-hydrogen) atoms. The molecule has 0 aromatic heterocycles. The van der Waals surface area contributed by atoms with Gasteiger partial charge >= 0.3 is 0 Å².